The van der Waals surface area contributed by atoms with Gasteiger partial charge in [-0.3, -0.25) is 0 Å². The topological polar surface area (TPSA) is 27.0 Å². The normalized spacial score (nSPS) is 23.9. The van der Waals surface area contributed by atoms with Crippen molar-refractivity contribution in [2.75, 3.05) is 57.8 Å². The quantitative estimate of drug-likeness (QED) is 0.830. The summed E-state index contributed by atoms with van der Waals surface area (Å²) in [5.74, 6) is 1.40. The number of rotatable bonds is 4. The van der Waals surface area contributed by atoms with Crippen molar-refractivity contribution in [2.24, 2.45) is 11.3 Å². The number of aromatic nitrogens is 2. The highest BCUT2D eigenvalue weighted by atomic mass is 15.3. The lowest BCUT2D eigenvalue weighted by atomic mass is 9.72. The second-order valence-corrected chi connectivity index (χ2v) is 9.73. The number of anilines is 1. The second kappa shape index (κ2) is 6.49. The maximum Gasteiger partial charge on any atom is 0.137 e. The van der Waals surface area contributed by atoms with E-state index in [1.807, 2.05) is 6.20 Å². The number of nitrogens with zero attached hydrogens (tertiary/aromatic N) is 5. The van der Waals surface area contributed by atoms with Gasteiger partial charge in [-0.2, -0.15) is 0 Å². The van der Waals surface area contributed by atoms with Gasteiger partial charge in [0, 0.05) is 69.8 Å². The summed E-state index contributed by atoms with van der Waals surface area (Å²) in [6, 6.07) is 2.28. The molecule has 5 heteroatoms. The van der Waals surface area contributed by atoms with Crippen molar-refractivity contribution in [3.05, 3.63) is 30.2 Å². The zero-order valence-corrected chi connectivity index (χ0v) is 17.1. The van der Waals surface area contributed by atoms with E-state index in [0.29, 0.717) is 11.3 Å². The van der Waals surface area contributed by atoms with Crippen LogP contribution in [0.1, 0.15) is 38.2 Å². The first-order valence-electron chi connectivity index (χ1n) is 10.6. The summed E-state index contributed by atoms with van der Waals surface area (Å²) in [5, 5.41) is 0. The summed E-state index contributed by atoms with van der Waals surface area (Å²) >= 11 is 0. The Morgan fingerprint density at radius 3 is 2.56 bits per heavy atom. The van der Waals surface area contributed by atoms with E-state index < -0.39 is 0 Å². The zero-order valence-electron chi connectivity index (χ0n) is 17.1. The van der Waals surface area contributed by atoms with Gasteiger partial charge in [-0.1, -0.05) is 13.8 Å². The minimum atomic E-state index is 0.525. The average Bonchev–Trinajstić information content (AvgIpc) is 3.05. The smallest absolute Gasteiger partial charge is 0.137 e. The number of pyridine rings is 1. The summed E-state index contributed by atoms with van der Waals surface area (Å²) in [4.78, 5) is 12.3. The number of hydrogen-bond donors (Lipinski definition) is 0. The lowest BCUT2D eigenvalue weighted by Crippen LogP contribution is -2.71. The van der Waals surface area contributed by atoms with Crippen molar-refractivity contribution in [2.45, 2.75) is 32.6 Å². The highest BCUT2D eigenvalue weighted by Crippen LogP contribution is 2.40. The van der Waals surface area contributed by atoms with Crippen LogP contribution in [0.15, 0.2) is 24.7 Å². The zero-order chi connectivity index (χ0) is 18.6. The van der Waals surface area contributed by atoms with Gasteiger partial charge < -0.3 is 19.1 Å². The summed E-state index contributed by atoms with van der Waals surface area (Å²) in [6.07, 6.45) is 8.90. The lowest BCUT2D eigenvalue weighted by Gasteiger charge is -2.60. The Labute approximate surface area is 163 Å². The van der Waals surface area contributed by atoms with Crippen LogP contribution >= 0.6 is 0 Å². The van der Waals surface area contributed by atoms with E-state index >= 15 is 0 Å². The van der Waals surface area contributed by atoms with Crippen molar-refractivity contribution in [1.82, 2.24) is 19.2 Å². The Balaban J connectivity index is 1.21. The first-order valence-corrected chi connectivity index (χ1v) is 10.6. The standard InChI is InChI=1S/C22H33N5/c1-17(2)19-10-21-23-6-9-27(21)12-20(19)26-7-4-18(5-8-26)11-25-15-22(16-25)13-24(3)14-22/h6,9-10,12,17-18H,4-5,7-8,11,13-16H2,1-3H3. The highest BCUT2D eigenvalue weighted by Gasteiger charge is 2.50. The number of fused-ring (bicyclic) bond motifs is 1. The third-order valence-corrected chi connectivity index (χ3v) is 6.96. The molecule has 0 radical (unpaired) electrons. The van der Waals surface area contributed by atoms with Crippen molar-refractivity contribution in [3.8, 4) is 0 Å². The van der Waals surface area contributed by atoms with Crippen molar-refractivity contribution < 1.29 is 0 Å². The van der Waals surface area contributed by atoms with Gasteiger partial charge in [0.1, 0.15) is 5.65 Å². The molecule has 0 amide bonds. The molecule has 2 aromatic heterocycles. The highest BCUT2D eigenvalue weighted by molar-refractivity contribution is 5.60. The van der Waals surface area contributed by atoms with E-state index in [0.717, 1.165) is 11.6 Å². The molecule has 0 atom stereocenters. The van der Waals surface area contributed by atoms with Gasteiger partial charge in [0.25, 0.3) is 0 Å². The molecule has 0 N–H and O–H groups in total. The van der Waals surface area contributed by atoms with Gasteiger partial charge >= 0.3 is 0 Å². The predicted octanol–water partition coefficient (Wildman–Crippen LogP) is 2.92. The van der Waals surface area contributed by atoms with Crippen LogP contribution in [-0.2, 0) is 0 Å². The molecule has 5 heterocycles. The van der Waals surface area contributed by atoms with E-state index in [1.165, 1.54) is 69.9 Å². The van der Waals surface area contributed by atoms with Gasteiger partial charge in [-0.05, 0) is 43.4 Å². The number of imidazole rings is 1. The SMILES string of the molecule is CC(C)c1cc2nccn2cc1N1CCC(CN2CC3(CN(C)C3)C2)CC1. The number of hydrogen-bond acceptors (Lipinski definition) is 4. The Morgan fingerprint density at radius 2 is 1.89 bits per heavy atom. The molecule has 1 spiro atoms. The van der Waals surface area contributed by atoms with Gasteiger partial charge in [0.2, 0.25) is 0 Å². The summed E-state index contributed by atoms with van der Waals surface area (Å²) in [7, 11) is 2.25. The summed E-state index contributed by atoms with van der Waals surface area (Å²) in [6.45, 7) is 13.6. The van der Waals surface area contributed by atoms with Gasteiger partial charge in [0.15, 0.2) is 0 Å². The first-order chi connectivity index (χ1) is 13.0. The molecule has 3 fully saturated rings. The molecule has 27 heavy (non-hydrogen) atoms. The molecule has 0 aromatic carbocycles. The van der Waals surface area contributed by atoms with E-state index in [4.69, 9.17) is 0 Å². The average molecular weight is 368 g/mol. The van der Waals surface area contributed by atoms with Gasteiger partial charge in [-0.15, -0.1) is 0 Å². The van der Waals surface area contributed by atoms with Crippen molar-refractivity contribution >= 4 is 11.3 Å². The van der Waals surface area contributed by atoms with E-state index in [2.05, 4.69) is 63.4 Å². The Morgan fingerprint density at radius 1 is 1.15 bits per heavy atom. The molecule has 0 unspecified atom stereocenters. The minimum absolute atomic E-state index is 0.525. The predicted molar refractivity (Wildman–Crippen MR) is 111 cm³/mol. The molecule has 0 aliphatic carbocycles. The maximum absolute atomic E-state index is 4.47. The Hall–Kier alpha value is -1.59. The third-order valence-electron chi connectivity index (χ3n) is 6.96. The molecule has 3 aliphatic rings. The Bertz CT molecular complexity index is 803. The van der Waals surface area contributed by atoms with Crippen LogP contribution in [0, 0.1) is 11.3 Å². The van der Waals surface area contributed by atoms with Crippen LogP contribution in [0.5, 0.6) is 0 Å². The molecule has 146 valence electrons. The fraction of sp³-hybridized carbons (Fsp3) is 0.682. The van der Waals surface area contributed by atoms with Crippen LogP contribution in [-0.4, -0.2) is 72.0 Å². The summed E-state index contributed by atoms with van der Waals surface area (Å²) in [5.41, 5.74) is 4.58. The van der Waals surface area contributed by atoms with Crippen molar-refractivity contribution in [1.29, 1.82) is 0 Å². The molecule has 0 bridgehead atoms. The molecular weight excluding hydrogens is 334 g/mol. The lowest BCUT2D eigenvalue weighted by molar-refractivity contribution is -0.109. The van der Waals surface area contributed by atoms with Crippen LogP contribution in [0.4, 0.5) is 5.69 Å². The number of likely N-dealkylation sites (tertiary alicyclic amines) is 2. The number of piperidine rings is 1. The van der Waals surface area contributed by atoms with Crippen LogP contribution in [0.2, 0.25) is 0 Å². The van der Waals surface area contributed by atoms with E-state index in [9.17, 15) is 0 Å². The van der Waals surface area contributed by atoms with Crippen LogP contribution in [0.3, 0.4) is 0 Å². The monoisotopic (exact) mass is 367 g/mol. The molecule has 0 saturated carbocycles. The fourth-order valence-electron chi connectivity index (χ4n) is 5.74. The first kappa shape index (κ1) is 17.5. The molecule has 3 saturated heterocycles. The van der Waals surface area contributed by atoms with Crippen LogP contribution < -0.4 is 4.90 Å². The van der Waals surface area contributed by atoms with Gasteiger partial charge in [-0.25, -0.2) is 4.98 Å². The molecular formula is C22H33N5. The molecule has 3 aliphatic heterocycles. The van der Waals surface area contributed by atoms with E-state index in [1.54, 1.807) is 0 Å². The second-order valence-electron chi connectivity index (χ2n) is 9.73. The third kappa shape index (κ3) is 3.15. The van der Waals surface area contributed by atoms with Crippen LogP contribution in [0.25, 0.3) is 5.65 Å². The minimum Gasteiger partial charge on any atom is -0.370 e. The fourth-order valence-corrected chi connectivity index (χ4v) is 5.74. The summed E-state index contributed by atoms with van der Waals surface area (Å²) < 4.78 is 2.17. The maximum atomic E-state index is 4.47. The van der Waals surface area contributed by atoms with Crippen molar-refractivity contribution in [3.63, 3.8) is 0 Å². The molecule has 2 aromatic rings. The molecule has 5 rings (SSSR count). The van der Waals surface area contributed by atoms with E-state index in [-0.39, 0.29) is 0 Å². The van der Waals surface area contributed by atoms with Gasteiger partial charge in [0.05, 0.1) is 5.69 Å². The Kier molecular flexibility index (Phi) is 4.21. The molecule has 5 nitrogen and oxygen atoms in total. The largest absolute Gasteiger partial charge is 0.370 e.